The molecule has 0 spiro atoms. The van der Waals surface area contributed by atoms with Crippen LogP contribution < -0.4 is 10.6 Å². The lowest BCUT2D eigenvalue weighted by Gasteiger charge is -2.36. The predicted molar refractivity (Wildman–Crippen MR) is 159 cm³/mol. The summed E-state index contributed by atoms with van der Waals surface area (Å²) in [5.74, 6) is -0.176. The highest BCUT2D eigenvalue weighted by atomic mass is 16.6. The molecule has 42 heavy (non-hydrogen) atoms. The van der Waals surface area contributed by atoms with Crippen LogP contribution in [0.2, 0.25) is 0 Å². The molecule has 2 aliphatic heterocycles. The van der Waals surface area contributed by atoms with Crippen molar-refractivity contribution in [3.8, 4) is 0 Å². The average molecular weight is 589 g/mol. The predicted octanol–water partition coefficient (Wildman–Crippen LogP) is 5.26. The fourth-order valence-electron chi connectivity index (χ4n) is 7.03. The molecule has 1 saturated heterocycles. The maximum Gasteiger partial charge on any atom is 0.408 e. The maximum atomic E-state index is 14.1. The summed E-state index contributed by atoms with van der Waals surface area (Å²) in [4.78, 5) is 57.2. The first kappa shape index (κ1) is 32.1. The van der Waals surface area contributed by atoms with Gasteiger partial charge in [-0.3, -0.25) is 9.59 Å². The van der Waals surface area contributed by atoms with E-state index in [9.17, 15) is 19.2 Å². The van der Waals surface area contributed by atoms with Crippen LogP contribution in [-0.4, -0.2) is 75.7 Å². The van der Waals surface area contributed by atoms with E-state index in [1.807, 2.05) is 31.7 Å². The van der Waals surface area contributed by atoms with Crippen LogP contribution in [-0.2, 0) is 19.1 Å². The Morgan fingerprint density at radius 1 is 0.690 bits per heavy atom. The van der Waals surface area contributed by atoms with Gasteiger partial charge in [-0.15, -0.1) is 0 Å². The fraction of sp³-hybridized carbons (Fsp3) is 0.812. The molecular weight excluding hydrogens is 536 g/mol. The van der Waals surface area contributed by atoms with Crippen molar-refractivity contribution in [2.24, 2.45) is 11.8 Å². The molecular formula is C32H52N4O6. The number of carbonyl (C=O) groups is 4. The minimum atomic E-state index is -0.683. The van der Waals surface area contributed by atoms with E-state index in [-0.39, 0.29) is 35.7 Å². The van der Waals surface area contributed by atoms with Gasteiger partial charge >= 0.3 is 12.2 Å². The van der Waals surface area contributed by atoms with Crippen molar-refractivity contribution in [3.05, 3.63) is 12.3 Å². The second-order valence-corrected chi connectivity index (χ2v) is 14.5. The first-order chi connectivity index (χ1) is 19.7. The highest BCUT2D eigenvalue weighted by molar-refractivity contribution is 5.89. The zero-order chi connectivity index (χ0) is 30.7. The lowest BCUT2D eigenvalue weighted by molar-refractivity contribution is -0.137. The number of amides is 4. The van der Waals surface area contributed by atoms with Crippen molar-refractivity contribution in [1.29, 1.82) is 0 Å². The summed E-state index contributed by atoms with van der Waals surface area (Å²) in [6.07, 6.45) is 13.1. The molecule has 0 bridgehead atoms. The lowest BCUT2D eigenvalue weighted by Crippen LogP contribution is -2.56. The molecule has 10 heteroatoms. The SMILES string of the molecule is CC(C)(C)OC(=O)NC(C(=O)N1C=CC2C1CCN2C(=O)C(NC(=O)OC(C)(C)C)C1CCCCC1)C1CCCCC1. The molecule has 236 valence electrons. The lowest BCUT2D eigenvalue weighted by atomic mass is 9.83. The molecule has 4 amide bonds. The number of rotatable bonds is 6. The van der Waals surface area contributed by atoms with Gasteiger partial charge in [0.1, 0.15) is 23.3 Å². The van der Waals surface area contributed by atoms with Crippen LogP contribution in [0.3, 0.4) is 0 Å². The smallest absolute Gasteiger partial charge is 0.408 e. The maximum absolute atomic E-state index is 14.1. The Morgan fingerprint density at radius 3 is 1.60 bits per heavy atom. The number of alkyl carbamates (subject to hydrolysis) is 2. The molecule has 2 heterocycles. The van der Waals surface area contributed by atoms with Crippen LogP contribution in [0.5, 0.6) is 0 Å². The highest BCUT2D eigenvalue weighted by Gasteiger charge is 2.48. The van der Waals surface area contributed by atoms with Crippen molar-refractivity contribution in [2.45, 2.75) is 148 Å². The van der Waals surface area contributed by atoms with E-state index in [4.69, 9.17) is 9.47 Å². The molecule has 2 aliphatic carbocycles. The fourth-order valence-corrected chi connectivity index (χ4v) is 7.03. The number of ether oxygens (including phenoxy) is 2. The Hall–Kier alpha value is -2.78. The Bertz CT molecular complexity index is 1020. The van der Waals surface area contributed by atoms with Crippen molar-refractivity contribution in [1.82, 2.24) is 20.4 Å². The molecule has 4 aliphatic rings. The third-order valence-electron chi connectivity index (χ3n) is 8.88. The van der Waals surface area contributed by atoms with Gasteiger partial charge in [0.15, 0.2) is 0 Å². The van der Waals surface area contributed by atoms with Crippen molar-refractivity contribution in [3.63, 3.8) is 0 Å². The molecule has 2 saturated carbocycles. The minimum absolute atomic E-state index is 0.0408. The monoisotopic (exact) mass is 588 g/mol. The van der Waals surface area contributed by atoms with Gasteiger partial charge < -0.3 is 29.9 Å². The van der Waals surface area contributed by atoms with E-state index in [1.165, 1.54) is 0 Å². The summed E-state index contributed by atoms with van der Waals surface area (Å²) < 4.78 is 11.0. The normalized spacial score (nSPS) is 25.0. The van der Waals surface area contributed by atoms with Crippen LogP contribution in [0.4, 0.5) is 9.59 Å². The minimum Gasteiger partial charge on any atom is -0.444 e. The van der Waals surface area contributed by atoms with E-state index in [0.29, 0.717) is 13.0 Å². The zero-order valence-corrected chi connectivity index (χ0v) is 26.4. The summed E-state index contributed by atoms with van der Waals surface area (Å²) in [7, 11) is 0. The van der Waals surface area contributed by atoms with Crippen molar-refractivity contribution in [2.75, 3.05) is 6.54 Å². The van der Waals surface area contributed by atoms with Crippen LogP contribution in [0.15, 0.2) is 12.3 Å². The quantitative estimate of drug-likeness (QED) is 0.437. The molecule has 0 aromatic rings. The van der Waals surface area contributed by atoms with Gasteiger partial charge in [-0.2, -0.15) is 0 Å². The number of fused-ring (bicyclic) bond motifs is 1. The third kappa shape index (κ3) is 8.19. The summed E-state index contributed by atoms with van der Waals surface area (Å²) >= 11 is 0. The van der Waals surface area contributed by atoms with Crippen molar-refractivity contribution >= 4 is 24.0 Å². The van der Waals surface area contributed by atoms with E-state index in [2.05, 4.69) is 10.6 Å². The Labute approximate surface area is 251 Å². The summed E-state index contributed by atoms with van der Waals surface area (Å²) in [5, 5.41) is 5.82. The average Bonchev–Trinajstić information content (AvgIpc) is 3.51. The number of nitrogens with zero attached hydrogens (tertiary/aromatic N) is 2. The number of nitrogens with one attached hydrogen (secondary N) is 2. The summed E-state index contributed by atoms with van der Waals surface area (Å²) in [5.41, 5.74) is -1.34. The Balaban J connectivity index is 1.48. The van der Waals surface area contributed by atoms with E-state index < -0.39 is 35.5 Å². The third-order valence-corrected chi connectivity index (χ3v) is 8.88. The Kier molecular flexibility index (Phi) is 10.1. The van der Waals surface area contributed by atoms with E-state index >= 15 is 0 Å². The molecule has 4 rings (SSSR count). The first-order valence-electron chi connectivity index (χ1n) is 16.0. The summed E-state index contributed by atoms with van der Waals surface area (Å²) in [6, 6.07) is -1.83. The molecule has 4 atom stereocenters. The first-order valence-corrected chi connectivity index (χ1v) is 16.0. The molecule has 0 aromatic carbocycles. The van der Waals surface area contributed by atoms with Crippen LogP contribution in [0.1, 0.15) is 112 Å². The van der Waals surface area contributed by atoms with Gasteiger partial charge in [0.05, 0.1) is 12.1 Å². The largest absolute Gasteiger partial charge is 0.444 e. The van der Waals surface area contributed by atoms with E-state index in [1.54, 1.807) is 31.9 Å². The number of hydrogen-bond acceptors (Lipinski definition) is 6. The van der Waals surface area contributed by atoms with Crippen LogP contribution in [0, 0.1) is 11.8 Å². The standard InChI is InChI=1S/C32H52N4O6/c1-31(2,3)41-29(39)33-25(21-13-9-7-10-14-21)27(37)35-19-17-24-23(35)18-20-36(24)28(38)26(22-15-11-8-12-16-22)34-30(40)42-32(4,5)6/h17,19,21-26H,7-16,18,20H2,1-6H3,(H,33,39)(H,34,40). The molecule has 10 nitrogen and oxygen atoms in total. The van der Waals surface area contributed by atoms with Gasteiger partial charge in [-0.05, 0) is 91.6 Å². The van der Waals surface area contributed by atoms with E-state index in [0.717, 1.165) is 64.2 Å². The van der Waals surface area contributed by atoms with Gasteiger partial charge in [0.2, 0.25) is 11.8 Å². The van der Waals surface area contributed by atoms with Gasteiger partial charge in [0.25, 0.3) is 0 Å². The molecule has 4 unspecified atom stereocenters. The molecule has 0 radical (unpaired) electrons. The number of carbonyl (C=O) groups excluding carboxylic acids is 4. The number of hydrogen-bond donors (Lipinski definition) is 2. The van der Waals surface area contributed by atoms with Gasteiger partial charge in [-0.1, -0.05) is 38.5 Å². The molecule has 3 fully saturated rings. The second-order valence-electron chi connectivity index (χ2n) is 14.5. The van der Waals surface area contributed by atoms with Crippen LogP contribution >= 0.6 is 0 Å². The highest BCUT2D eigenvalue weighted by Crippen LogP contribution is 2.35. The van der Waals surface area contributed by atoms with Gasteiger partial charge in [-0.25, -0.2) is 9.59 Å². The zero-order valence-electron chi connectivity index (χ0n) is 26.4. The van der Waals surface area contributed by atoms with Crippen molar-refractivity contribution < 1.29 is 28.7 Å². The topological polar surface area (TPSA) is 117 Å². The number of likely N-dealkylation sites (tertiary alicyclic amines) is 1. The second kappa shape index (κ2) is 13.2. The molecule has 0 aromatic heterocycles. The molecule has 2 N–H and O–H groups in total. The van der Waals surface area contributed by atoms with Gasteiger partial charge in [0, 0.05) is 12.7 Å². The summed E-state index contributed by atoms with van der Waals surface area (Å²) in [6.45, 7) is 11.3. The van der Waals surface area contributed by atoms with Crippen LogP contribution in [0.25, 0.3) is 0 Å². The Morgan fingerprint density at radius 2 is 1.14 bits per heavy atom.